The average molecular weight is 602 g/mol. The van der Waals surface area contributed by atoms with Gasteiger partial charge in [0, 0.05) is 29.7 Å². The molecule has 0 radical (unpaired) electrons. The van der Waals surface area contributed by atoms with Crippen LogP contribution in [0.4, 0.5) is 18.9 Å². The zero-order chi connectivity index (χ0) is 29.1. The molecule has 212 valence electrons. The van der Waals surface area contributed by atoms with Crippen molar-refractivity contribution in [3.63, 3.8) is 0 Å². The van der Waals surface area contributed by atoms with Crippen LogP contribution in [0.25, 0.3) is 28.2 Å². The highest BCUT2D eigenvalue weighted by Gasteiger charge is 2.45. The number of anilines is 1. The number of aryl methyl sites for hydroxylation is 1. The second kappa shape index (κ2) is 10.1. The third kappa shape index (κ3) is 5.06. The first-order valence-corrected chi connectivity index (χ1v) is 13.8. The number of rotatable bonds is 4. The molecule has 0 unspecified atom stereocenters. The van der Waals surface area contributed by atoms with Crippen molar-refractivity contribution < 1.29 is 27.6 Å². The smallest absolute Gasteiger partial charge is 0.453 e. The van der Waals surface area contributed by atoms with Gasteiger partial charge in [-0.15, -0.1) is 0 Å². The molecule has 4 aromatic rings. The van der Waals surface area contributed by atoms with Gasteiger partial charge in [-0.3, -0.25) is 0 Å². The Balaban J connectivity index is 1.20. The summed E-state index contributed by atoms with van der Waals surface area (Å²) in [6.07, 6.45) is 0.00000293. The minimum Gasteiger partial charge on any atom is -0.477 e. The molecule has 1 saturated heterocycles. The molecule has 1 spiro atoms. The zero-order valence-electron chi connectivity index (χ0n) is 21.9. The summed E-state index contributed by atoms with van der Waals surface area (Å²) in [5.74, 6) is -2.22. The molecule has 2 fully saturated rings. The van der Waals surface area contributed by atoms with Crippen molar-refractivity contribution >= 4 is 51.8 Å². The molecule has 0 atom stereocenters. The lowest BCUT2D eigenvalue weighted by Crippen LogP contribution is -2.44. The molecule has 1 N–H and O–H groups in total. The summed E-state index contributed by atoms with van der Waals surface area (Å²) in [5.41, 5.74) is 3.52. The number of allylic oxidation sites excluding steroid dienone is 1. The number of piperidine rings is 1. The number of hydrogen-bond donors (Lipinski definition) is 1. The van der Waals surface area contributed by atoms with Gasteiger partial charge < -0.3 is 14.5 Å². The van der Waals surface area contributed by atoms with Crippen LogP contribution in [0.5, 0.6) is 0 Å². The number of carbonyl (C=O) groups is 1. The van der Waals surface area contributed by atoms with Crippen molar-refractivity contribution in [2.45, 2.75) is 38.8 Å². The number of carboxylic acids is 1. The van der Waals surface area contributed by atoms with Crippen LogP contribution >= 0.6 is 23.2 Å². The number of fused-ring (bicyclic) bond motifs is 1. The number of halogens is 5. The summed E-state index contributed by atoms with van der Waals surface area (Å²) in [6, 6.07) is 12.1. The van der Waals surface area contributed by atoms with E-state index >= 15 is 0 Å². The maximum Gasteiger partial charge on any atom is 0.453 e. The van der Waals surface area contributed by atoms with Gasteiger partial charge in [0.2, 0.25) is 5.76 Å². The highest BCUT2D eigenvalue weighted by atomic mass is 35.5. The highest BCUT2D eigenvalue weighted by Crippen LogP contribution is 2.54. The second-order valence-corrected chi connectivity index (χ2v) is 11.7. The van der Waals surface area contributed by atoms with Crippen molar-refractivity contribution in [1.82, 2.24) is 10.1 Å². The van der Waals surface area contributed by atoms with Gasteiger partial charge in [0.1, 0.15) is 11.4 Å². The first-order valence-electron chi connectivity index (χ1n) is 13.0. The van der Waals surface area contributed by atoms with Crippen molar-refractivity contribution in [2.24, 2.45) is 5.41 Å². The maximum absolute atomic E-state index is 13.8. The van der Waals surface area contributed by atoms with Crippen LogP contribution in [0, 0.1) is 12.3 Å². The Kier molecular flexibility index (Phi) is 6.77. The Morgan fingerprint density at radius 3 is 2.41 bits per heavy atom. The summed E-state index contributed by atoms with van der Waals surface area (Å²) in [4.78, 5) is 17.9. The molecule has 2 aromatic heterocycles. The summed E-state index contributed by atoms with van der Waals surface area (Å²) < 4.78 is 46.2. The standard InChI is InChI=1S/C30H24Cl2F3N3O3/c1-16-11-24(28(39)40)36-23-6-5-18(13-19(16)23)38-9-7-29(8-10-38)14-17(15-29)12-20-26(37-41-27(20)30(33,34)35)25-21(31)3-2-4-22(25)32/h2-6,11-13H,7-10,14-15H2,1H3,(H,39,40). The molecule has 11 heteroatoms. The fourth-order valence-electron chi connectivity index (χ4n) is 6.04. The fraction of sp³-hybridized carbons (Fsp3) is 0.300. The minimum atomic E-state index is -4.72. The number of aromatic carboxylic acids is 1. The SMILES string of the molecule is Cc1cc(C(=O)O)nc2ccc(N3CCC4(CC3)CC(=Cc3c(-c5c(Cl)cccc5Cl)noc3C(F)(F)F)C4)cc12. The number of carboxylic acid groups (broad SMARTS) is 1. The molecular weight excluding hydrogens is 578 g/mol. The average Bonchev–Trinajstić information content (AvgIpc) is 3.31. The Morgan fingerprint density at radius 2 is 1.78 bits per heavy atom. The number of aromatic nitrogens is 2. The Morgan fingerprint density at radius 1 is 1.10 bits per heavy atom. The van der Waals surface area contributed by atoms with Crippen molar-refractivity contribution in [1.29, 1.82) is 0 Å². The lowest BCUT2D eigenvalue weighted by atomic mass is 9.60. The fourth-order valence-corrected chi connectivity index (χ4v) is 6.62. The van der Waals surface area contributed by atoms with Gasteiger partial charge >= 0.3 is 12.1 Å². The normalized spacial score (nSPS) is 16.7. The van der Waals surface area contributed by atoms with E-state index in [4.69, 9.17) is 27.7 Å². The third-order valence-corrected chi connectivity index (χ3v) is 8.77. The first-order chi connectivity index (χ1) is 19.4. The predicted octanol–water partition coefficient (Wildman–Crippen LogP) is 8.69. The molecule has 1 aliphatic heterocycles. The largest absolute Gasteiger partial charge is 0.477 e. The van der Waals surface area contributed by atoms with Gasteiger partial charge in [0.15, 0.2) is 0 Å². The number of nitrogens with zero attached hydrogens (tertiary/aromatic N) is 3. The molecule has 0 amide bonds. The molecule has 1 saturated carbocycles. The van der Waals surface area contributed by atoms with E-state index in [9.17, 15) is 23.1 Å². The molecule has 6 nitrogen and oxygen atoms in total. The highest BCUT2D eigenvalue weighted by molar-refractivity contribution is 6.39. The van der Waals surface area contributed by atoms with E-state index in [0.717, 1.165) is 48.1 Å². The second-order valence-electron chi connectivity index (χ2n) is 10.8. The van der Waals surface area contributed by atoms with Crippen LogP contribution < -0.4 is 4.90 Å². The van der Waals surface area contributed by atoms with E-state index in [1.54, 1.807) is 24.3 Å². The Bertz CT molecular complexity index is 1690. The van der Waals surface area contributed by atoms with Gasteiger partial charge in [0.05, 0.1) is 21.1 Å². The van der Waals surface area contributed by atoms with Crippen LogP contribution in [0.3, 0.4) is 0 Å². The van der Waals surface area contributed by atoms with E-state index in [1.165, 1.54) is 6.08 Å². The molecule has 41 heavy (non-hydrogen) atoms. The molecule has 1 aliphatic carbocycles. The van der Waals surface area contributed by atoms with E-state index in [-0.39, 0.29) is 38.0 Å². The van der Waals surface area contributed by atoms with E-state index < -0.39 is 17.9 Å². The summed E-state index contributed by atoms with van der Waals surface area (Å²) in [6.45, 7) is 3.48. The number of benzene rings is 2. The molecule has 3 heterocycles. The molecular formula is C30H24Cl2F3N3O3. The van der Waals surface area contributed by atoms with Gasteiger partial charge in [-0.25, -0.2) is 9.78 Å². The van der Waals surface area contributed by atoms with Gasteiger partial charge in [-0.2, -0.15) is 13.2 Å². The number of hydrogen-bond acceptors (Lipinski definition) is 5. The van der Waals surface area contributed by atoms with Crippen molar-refractivity contribution in [3.05, 3.63) is 80.7 Å². The lowest BCUT2D eigenvalue weighted by molar-refractivity contribution is -0.155. The van der Waals surface area contributed by atoms with Crippen LogP contribution in [-0.2, 0) is 6.18 Å². The molecule has 2 aliphatic rings. The van der Waals surface area contributed by atoms with Crippen LogP contribution in [0.2, 0.25) is 10.0 Å². The van der Waals surface area contributed by atoms with E-state index in [0.29, 0.717) is 18.4 Å². The number of pyridine rings is 1. The van der Waals surface area contributed by atoms with Crippen LogP contribution in [-0.4, -0.2) is 34.3 Å². The van der Waals surface area contributed by atoms with E-state index in [2.05, 4.69) is 15.0 Å². The van der Waals surface area contributed by atoms with Crippen molar-refractivity contribution in [3.8, 4) is 11.3 Å². The molecule has 0 bridgehead atoms. The third-order valence-electron chi connectivity index (χ3n) is 8.15. The first kappa shape index (κ1) is 27.6. The molecule has 2 aromatic carbocycles. The van der Waals surface area contributed by atoms with Gasteiger partial charge in [-0.05, 0) is 86.1 Å². The summed E-state index contributed by atoms with van der Waals surface area (Å²) in [5, 5.41) is 14.3. The Labute approximate surface area is 243 Å². The quantitative estimate of drug-likeness (QED) is 0.252. The zero-order valence-corrected chi connectivity index (χ0v) is 23.4. The van der Waals surface area contributed by atoms with Crippen LogP contribution in [0.1, 0.15) is 53.1 Å². The maximum atomic E-state index is 13.8. The van der Waals surface area contributed by atoms with Crippen molar-refractivity contribution in [2.75, 3.05) is 18.0 Å². The van der Waals surface area contributed by atoms with Gasteiger partial charge in [0.25, 0.3) is 0 Å². The van der Waals surface area contributed by atoms with E-state index in [1.807, 2.05) is 25.1 Å². The summed E-state index contributed by atoms with van der Waals surface area (Å²) >= 11 is 12.6. The minimum absolute atomic E-state index is 0.0205. The topological polar surface area (TPSA) is 79.5 Å². The lowest BCUT2D eigenvalue weighted by Gasteiger charge is -2.50. The van der Waals surface area contributed by atoms with Gasteiger partial charge in [-0.1, -0.05) is 40.0 Å². The molecule has 6 rings (SSSR count). The monoisotopic (exact) mass is 601 g/mol. The summed E-state index contributed by atoms with van der Waals surface area (Å²) in [7, 11) is 0. The predicted molar refractivity (Wildman–Crippen MR) is 151 cm³/mol. The van der Waals surface area contributed by atoms with Crippen LogP contribution in [0.15, 0.2) is 52.6 Å². The Hall–Kier alpha value is -3.56. The number of alkyl halides is 3.